The summed E-state index contributed by atoms with van der Waals surface area (Å²) < 4.78 is 10.6. The van der Waals surface area contributed by atoms with Gasteiger partial charge in [0, 0.05) is 0 Å². The highest BCUT2D eigenvalue weighted by molar-refractivity contribution is 6.69. The molecule has 0 unspecified atom stereocenters. The Hall–Kier alpha value is -0.443. The third-order valence-electron chi connectivity index (χ3n) is 0.828. The molecule has 0 bridgehead atoms. The van der Waals surface area contributed by atoms with Gasteiger partial charge < -0.3 is 9.16 Å². The first-order valence-corrected chi connectivity index (χ1v) is 7.31. The normalized spacial score (nSPS) is 12.5. The van der Waals surface area contributed by atoms with E-state index in [1.165, 1.54) is 0 Å². The van der Waals surface area contributed by atoms with Crippen molar-refractivity contribution < 1.29 is 9.16 Å². The van der Waals surface area contributed by atoms with Crippen LogP contribution < -0.4 is 0 Å². The zero-order valence-electron chi connectivity index (χ0n) is 8.05. The maximum Gasteiger partial charge on any atom is 0.241 e. The SMILES string of the molecule is CC(C)OC=CO[Si](C)(C)C. The van der Waals surface area contributed by atoms with E-state index in [4.69, 9.17) is 9.16 Å². The summed E-state index contributed by atoms with van der Waals surface area (Å²) in [7, 11) is -1.40. The molecule has 0 saturated carbocycles. The molecule has 0 amide bonds. The second kappa shape index (κ2) is 4.44. The van der Waals surface area contributed by atoms with Crippen molar-refractivity contribution in [3.63, 3.8) is 0 Å². The molecule has 66 valence electrons. The maximum absolute atomic E-state index is 5.41. The second-order valence-corrected chi connectivity index (χ2v) is 8.15. The zero-order chi connectivity index (χ0) is 8.91. The number of ether oxygens (including phenoxy) is 1. The van der Waals surface area contributed by atoms with Crippen molar-refractivity contribution in [2.24, 2.45) is 0 Å². The fourth-order valence-electron chi connectivity index (χ4n) is 0.421. The van der Waals surface area contributed by atoms with Gasteiger partial charge in [0.05, 0.1) is 6.10 Å². The third-order valence-corrected chi connectivity index (χ3v) is 1.67. The molecule has 0 aromatic heterocycles. The van der Waals surface area contributed by atoms with Crippen LogP contribution in [0.1, 0.15) is 13.8 Å². The van der Waals surface area contributed by atoms with Gasteiger partial charge in [-0.25, -0.2) is 0 Å². The summed E-state index contributed by atoms with van der Waals surface area (Å²) >= 11 is 0. The van der Waals surface area contributed by atoms with Gasteiger partial charge in [-0.15, -0.1) is 0 Å². The highest BCUT2D eigenvalue weighted by atomic mass is 28.4. The van der Waals surface area contributed by atoms with Crippen LogP contribution in [0.4, 0.5) is 0 Å². The lowest BCUT2D eigenvalue weighted by molar-refractivity contribution is 0.173. The van der Waals surface area contributed by atoms with Crippen LogP contribution in [-0.4, -0.2) is 14.4 Å². The van der Waals surface area contributed by atoms with Gasteiger partial charge in [0.1, 0.15) is 12.5 Å². The minimum atomic E-state index is -1.40. The van der Waals surface area contributed by atoms with Crippen molar-refractivity contribution in [1.82, 2.24) is 0 Å². The van der Waals surface area contributed by atoms with Crippen molar-refractivity contribution in [2.75, 3.05) is 0 Å². The first-order chi connectivity index (χ1) is 4.92. The first kappa shape index (κ1) is 10.6. The lowest BCUT2D eigenvalue weighted by Crippen LogP contribution is -2.22. The van der Waals surface area contributed by atoms with Gasteiger partial charge in [-0.05, 0) is 33.5 Å². The minimum absolute atomic E-state index is 0.233. The highest BCUT2D eigenvalue weighted by Crippen LogP contribution is 2.02. The Morgan fingerprint density at radius 3 is 2.00 bits per heavy atom. The molecule has 0 aromatic rings. The second-order valence-electron chi connectivity index (χ2n) is 3.69. The van der Waals surface area contributed by atoms with Crippen molar-refractivity contribution in [3.05, 3.63) is 12.5 Å². The predicted molar refractivity (Wildman–Crippen MR) is 49.8 cm³/mol. The molecular formula is C8H18O2Si. The highest BCUT2D eigenvalue weighted by Gasteiger charge is 2.12. The van der Waals surface area contributed by atoms with Gasteiger partial charge in [0.2, 0.25) is 8.32 Å². The summed E-state index contributed by atoms with van der Waals surface area (Å²) in [6.07, 6.45) is 3.49. The molecule has 0 N–H and O–H groups in total. The number of rotatable bonds is 4. The van der Waals surface area contributed by atoms with Crippen LogP contribution in [-0.2, 0) is 9.16 Å². The van der Waals surface area contributed by atoms with Gasteiger partial charge in [0.15, 0.2) is 0 Å². The minimum Gasteiger partial charge on any atom is -0.547 e. The molecule has 0 heterocycles. The lowest BCUT2D eigenvalue weighted by atomic mass is 10.5. The van der Waals surface area contributed by atoms with Gasteiger partial charge in [-0.3, -0.25) is 0 Å². The fraction of sp³-hybridized carbons (Fsp3) is 0.750. The predicted octanol–water partition coefficient (Wildman–Crippen LogP) is 2.73. The summed E-state index contributed by atoms with van der Waals surface area (Å²) in [5.41, 5.74) is 0. The van der Waals surface area contributed by atoms with Crippen LogP contribution in [0.5, 0.6) is 0 Å². The van der Waals surface area contributed by atoms with Crippen LogP contribution in [0, 0.1) is 0 Å². The molecule has 3 heteroatoms. The molecule has 0 rings (SSSR count). The van der Waals surface area contributed by atoms with Crippen molar-refractivity contribution >= 4 is 8.32 Å². The van der Waals surface area contributed by atoms with Gasteiger partial charge in [-0.1, -0.05) is 0 Å². The molecule has 0 aliphatic heterocycles. The Labute approximate surface area is 70.3 Å². The van der Waals surface area contributed by atoms with E-state index in [0.29, 0.717) is 0 Å². The Balaban J connectivity index is 3.46. The summed E-state index contributed by atoms with van der Waals surface area (Å²) in [6, 6.07) is 0. The van der Waals surface area contributed by atoms with Crippen LogP contribution >= 0.6 is 0 Å². The van der Waals surface area contributed by atoms with E-state index in [-0.39, 0.29) is 6.10 Å². The molecule has 0 saturated heterocycles. The Kier molecular flexibility index (Phi) is 4.26. The lowest BCUT2D eigenvalue weighted by Gasteiger charge is -2.14. The smallest absolute Gasteiger partial charge is 0.241 e. The van der Waals surface area contributed by atoms with E-state index in [0.717, 1.165) is 0 Å². The first-order valence-electron chi connectivity index (χ1n) is 3.90. The summed E-state index contributed by atoms with van der Waals surface area (Å²) in [4.78, 5) is 0. The average molecular weight is 174 g/mol. The van der Waals surface area contributed by atoms with Crippen LogP contribution in [0.25, 0.3) is 0 Å². The Morgan fingerprint density at radius 2 is 1.64 bits per heavy atom. The largest absolute Gasteiger partial charge is 0.547 e. The van der Waals surface area contributed by atoms with Crippen LogP contribution in [0.15, 0.2) is 12.5 Å². The fourth-order valence-corrected chi connectivity index (χ4v) is 0.885. The number of hydrogen-bond donors (Lipinski definition) is 0. The van der Waals surface area contributed by atoms with E-state index in [9.17, 15) is 0 Å². The molecule has 0 spiro atoms. The van der Waals surface area contributed by atoms with E-state index in [2.05, 4.69) is 19.6 Å². The molecule has 0 radical (unpaired) electrons. The van der Waals surface area contributed by atoms with E-state index < -0.39 is 8.32 Å². The quantitative estimate of drug-likeness (QED) is 0.482. The molecule has 0 fully saturated rings. The summed E-state index contributed by atoms with van der Waals surface area (Å²) in [5, 5.41) is 0. The molecule has 0 aliphatic rings. The van der Waals surface area contributed by atoms with Gasteiger partial charge >= 0.3 is 0 Å². The van der Waals surface area contributed by atoms with Gasteiger partial charge in [-0.2, -0.15) is 0 Å². The van der Waals surface area contributed by atoms with Gasteiger partial charge in [0.25, 0.3) is 0 Å². The average Bonchev–Trinajstić information content (AvgIpc) is 1.78. The maximum atomic E-state index is 5.41. The van der Waals surface area contributed by atoms with E-state index in [1.54, 1.807) is 12.5 Å². The molecule has 0 aliphatic carbocycles. The summed E-state index contributed by atoms with van der Waals surface area (Å²) in [6.45, 7) is 10.4. The molecule has 2 nitrogen and oxygen atoms in total. The summed E-state index contributed by atoms with van der Waals surface area (Å²) in [5.74, 6) is 0. The number of hydrogen-bond acceptors (Lipinski definition) is 2. The van der Waals surface area contributed by atoms with Crippen LogP contribution in [0.3, 0.4) is 0 Å². The standard InChI is InChI=1S/C8H18O2Si/c1-8(2)9-6-7-10-11(3,4)5/h6-8H,1-5H3. The third kappa shape index (κ3) is 9.56. The molecule has 11 heavy (non-hydrogen) atoms. The molecule has 0 aromatic carbocycles. The molecule has 0 atom stereocenters. The zero-order valence-corrected chi connectivity index (χ0v) is 9.05. The van der Waals surface area contributed by atoms with E-state index in [1.807, 2.05) is 13.8 Å². The van der Waals surface area contributed by atoms with Crippen molar-refractivity contribution in [1.29, 1.82) is 0 Å². The topological polar surface area (TPSA) is 18.5 Å². The monoisotopic (exact) mass is 174 g/mol. The Bertz CT molecular complexity index is 125. The van der Waals surface area contributed by atoms with Crippen molar-refractivity contribution in [2.45, 2.75) is 39.6 Å². The Morgan fingerprint density at radius 1 is 1.09 bits per heavy atom. The van der Waals surface area contributed by atoms with E-state index >= 15 is 0 Å². The van der Waals surface area contributed by atoms with Crippen molar-refractivity contribution in [3.8, 4) is 0 Å². The molecular weight excluding hydrogens is 156 g/mol. The van der Waals surface area contributed by atoms with Crippen LogP contribution in [0.2, 0.25) is 19.6 Å².